The molecule has 3 aromatic rings. The predicted molar refractivity (Wildman–Crippen MR) is 106 cm³/mol. The van der Waals surface area contributed by atoms with Gasteiger partial charge in [0.05, 0.1) is 19.7 Å². The Morgan fingerprint density at radius 3 is 2.45 bits per heavy atom. The number of nitrogens with zero attached hydrogens (tertiary/aromatic N) is 2. The Kier molecular flexibility index (Phi) is 6.36. The zero-order valence-corrected chi connectivity index (χ0v) is 15.7. The minimum Gasteiger partial charge on any atom is -0.497 e. The number of nitrogens with one attached hydrogen (secondary N) is 1. The van der Waals surface area contributed by atoms with E-state index < -0.39 is 17.6 Å². The van der Waals surface area contributed by atoms with Gasteiger partial charge in [-0.3, -0.25) is 14.9 Å². The zero-order chi connectivity index (χ0) is 20.6. The molecule has 1 heterocycles. The highest BCUT2D eigenvalue weighted by Crippen LogP contribution is 2.12. The van der Waals surface area contributed by atoms with Crippen molar-refractivity contribution in [3.63, 3.8) is 0 Å². The molecule has 148 valence electrons. The molecule has 8 nitrogen and oxygen atoms in total. The largest absolute Gasteiger partial charge is 0.497 e. The van der Waals surface area contributed by atoms with E-state index in [1.807, 2.05) is 30.3 Å². The number of hydrogen-bond donors (Lipinski definition) is 1. The topological polar surface area (TPSA) is 99.5 Å². The van der Waals surface area contributed by atoms with Crippen molar-refractivity contribution >= 4 is 17.7 Å². The maximum absolute atomic E-state index is 12.5. The molecule has 2 aromatic carbocycles. The summed E-state index contributed by atoms with van der Waals surface area (Å²) in [6, 6.07) is 16.0. The second-order valence-electron chi connectivity index (χ2n) is 6.09. The van der Waals surface area contributed by atoms with E-state index in [1.54, 1.807) is 31.4 Å². The number of carbonyl (C=O) groups excluding carboxylic acids is 2. The summed E-state index contributed by atoms with van der Waals surface area (Å²) in [6.45, 7) is 0.0531. The normalized spacial score (nSPS) is 10.2. The first-order valence-electron chi connectivity index (χ1n) is 8.77. The van der Waals surface area contributed by atoms with Gasteiger partial charge < -0.3 is 9.47 Å². The molecule has 8 heteroatoms. The van der Waals surface area contributed by atoms with Crippen LogP contribution in [0, 0.1) is 0 Å². The first kappa shape index (κ1) is 19.8. The number of benzene rings is 2. The van der Waals surface area contributed by atoms with Crippen molar-refractivity contribution in [2.24, 2.45) is 0 Å². The van der Waals surface area contributed by atoms with Gasteiger partial charge in [-0.1, -0.05) is 42.5 Å². The number of carbonyl (C=O) groups is 2. The van der Waals surface area contributed by atoms with Crippen molar-refractivity contribution in [2.75, 3.05) is 12.4 Å². The minimum atomic E-state index is -0.812. The summed E-state index contributed by atoms with van der Waals surface area (Å²) >= 11 is 0. The Bertz CT molecular complexity index is 1050. The van der Waals surface area contributed by atoms with Crippen LogP contribution in [0.1, 0.15) is 15.9 Å². The fourth-order valence-corrected chi connectivity index (χ4v) is 2.55. The fourth-order valence-electron chi connectivity index (χ4n) is 2.55. The number of aromatic nitrogens is 2. The van der Waals surface area contributed by atoms with Crippen molar-refractivity contribution in [2.45, 2.75) is 13.0 Å². The number of rotatable bonds is 6. The van der Waals surface area contributed by atoms with E-state index in [0.717, 1.165) is 16.5 Å². The maximum Gasteiger partial charge on any atom is 0.412 e. The highest BCUT2D eigenvalue weighted by molar-refractivity contribution is 5.86. The molecular formula is C21H19N3O5. The van der Waals surface area contributed by atoms with Crippen LogP contribution < -0.4 is 15.6 Å². The van der Waals surface area contributed by atoms with Crippen molar-refractivity contribution in [3.05, 3.63) is 88.6 Å². The lowest BCUT2D eigenvalue weighted by Crippen LogP contribution is -2.31. The third kappa shape index (κ3) is 5.29. The van der Waals surface area contributed by atoms with Crippen LogP contribution in [0.5, 0.6) is 5.75 Å². The smallest absolute Gasteiger partial charge is 0.412 e. The monoisotopic (exact) mass is 393 g/mol. The van der Waals surface area contributed by atoms with Gasteiger partial charge in [-0.05, 0) is 23.3 Å². The highest BCUT2D eigenvalue weighted by atomic mass is 16.5. The first-order valence-corrected chi connectivity index (χ1v) is 8.77. The molecule has 0 aliphatic rings. The van der Waals surface area contributed by atoms with Crippen LogP contribution in [-0.2, 0) is 17.8 Å². The maximum atomic E-state index is 12.5. The first-order chi connectivity index (χ1) is 14.1. The number of ether oxygens (including phenoxy) is 2. The van der Waals surface area contributed by atoms with Crippen LogP contribution in [0.4, 0.5) is 10.5 Å². The molecule has 0 aliphatic carbocycles. The lowest BCUT2D eigenvalue weighted by molar-refractivity contribution is 0.0908. The Morgan fingerprint density at radius 2 is 1.76 bits per heavy atom. The summed E-state index contributed by atoms with van der Waals surface area (Å²) in [5.41, 5.74) is 0.688. The van der Waals surface area contributed by atoms with Crippen molar-refractivity contribution in [1.82, 2.24) is 9.55 Å². The molecule has 3 rings (SSSR count). The molecule has 1 aromatic heterocycles. The summed E-state index contributed by atoms with van der Waals surface area (Å²) in [6.07, 6.45) is 1.47. The van der Waals surface area contributed by atoms with E-state index >= 15 is 0 Å². The van der Waals surface area contributed by atoms with Crippen LogP contribution in [0.3, 0.4) is 0 Å². The van der Waals surface area contributed by atoms with Crippen molar-refractivity contribution in [1.29, 1.82) is 0 Å². The van der Waals surface area contributed by atoms with Gasteiger partial charge in [0.15, 0.2) is 0 Å². The molecule has 0 aliphatic heterocycles. The molecule has 0 atom stereocenters. The summed E-state index contributed by atoms with van der Waals surface area (Å²) in [5.74, 6) is 0.189. The third-order valence-corrected chi connectivity index (χ3v) is 4.07. The van der Waals surface area contributed by atoms with Gasteiger partial charge in [0.1, 0.15) is 24.4 Å². The molecule has 0 saturated carbocycles. The van der Waals surface area contributed by atoms with Crippen LogP contribution in [0.2, 0.25) is 0 Å². The Balaban J connectivity index is 1.65. The highest BCUT2D eigenvalue weighted by Gasteiger charge is 2.14. The molecule has 1 amide bonds. The average Bonchev–Trinajstić information content (AvgIpc) is 2.75. The quantitative estimate of drug-likeness (QED) is 0.691. The van der Waals surface area contributed by atoms with E-state index in [-0.39, 0.29) is 18.7 Å². The molecule has 0 bridgehead atoms. The Labute approximate surface area is 166 Å². The van der Waals surface area contributed by atoms with Gasteiger partial charge in [0.25, 0.3) is 5.56 Å². The molecule has 0 saturated heterocycles. The minimum absolute atomic E-state index is 0.00646. The summed E-state index contributed by atoms with van der Waals surface area (Å²) in [7, 11) is 1.55. The standard InChI is InChI=1S/C21H19N3O5/c1-28-17-9-7-15(8-10-17)11-19(25)24-14-22-12-18(20(24)26)23-21(27)29-13-16-5-3-2-4-6-16/h2-10,12,14H,11,13H2,1H3,(H,23,27). The van der Waals surface area contributed by atoms with E-state index in [9.17, 15) is 14.4 Å². The second kappa shape index (κ2) is 9.32. The molecule has 0 unspecified atom stereocenters. The summed E-state index contributed by atoms with van der Waals surface area (Å²) in [5, 5.41) is 2.33. The number of anilines is 1. The molecule has 0 radical (unpaired) electrons. The van der Waals surface area contributed by atoms with Gasteiger partial charge in [0.2, 0.25) is 5.91 Å². The van der Waals surface area contributed by atoms with Crippen LogP contribution in [0.25, 0.3) is 0 Å². The van der Waals surface area contributed by atoms with Crippen LogP contribution in [-0.4, -0.2) is 28.7 Å². The molecule has 1 N–H and O–H groups in total. The number of amides is 1. The molecule has 29 heavy (non-hydrogen) atoms. The lowest BCUT2D eigenvalue weighted by atomic mass is 10.1. The van der Waals surface area contributed by atoms with Gasteiger partial charge in [-0.15, -0.1) is 0 Å². The van der Waals surface area contributed by atoms with E-state index in [2.05, 4.69) is 10.3 Å². The SMILES string of the molecule is COc1ccc(CC(=O)n2cncc(NC(=O)OCc3ccccc3)c2=O)cc1. The van der Waals surface area contributed by atoms with Crippen LogP contribution >= 0.6 is 0 Å². The number of hydrogen-bond acceptors (Lipinski definition) is 6. The average molecular weight is 393 g/mol. The molecular weight excluding hydrogens is 374 g/mol. The van der Waals surface area contributed by atoms with Crippen LogP contribution in [0.15, 0.2) is 71.9 Å². The van der Waals surface area contributed by atoms with Crippen molar-refractivity contribution in [3.8, 4) is 5.75 Å². The third-order valence-electron chi connectivity index (χ3n) is 4.07. The Morgan fingerprint density at radius 1 is 1.03 bits per heavy atom. The zero-order valence-electron chi connectivity index (χ0n) is 15.7. The molecule has 0 fully saturated rings. The fraction of sp³-hybridized carbons (Fsp3) is 0.143. The van der Waals surface area contributed by atoms with E-state index in [4.69, 9.17) is 9.47 Å². The second-order valence-corrected chi connectivity index (χ2v) is 6.09. The van der Waals surface area contributed by atoms with Gasteiger partial charge >= 0.3 is 6.09 Å². The molecule has 0 spiro atoms. The van der Waals surface area contributed by atoms with Gasteiger partial charge in [0, 0.05) is 0 Å². The van der Waals surface area contributed by atoms with Crippen molar-refractivity contribution < 1.29 is 19.1 Å². The van der Waals surface area contributed by atoms with E-state index in [0.29, 0.717) is 11.3 Å². The lowest BCUT2D eigenvalue weighted by Gasteiger charge is -2.09. The number of methoxy groups -OCH3 is 1. The predicted octanol–water partition coefficient (Wildman–Crippen LogP) is 2.88. The van der Waals surface area contributed by atoms with E-state index in [1.165, 1.54) is 6.20 Å². The Hall–Kier alpha value is -3.94. The summed E-state index contributed by atoms with van der Waals surface area (Å²) in [4.78, 5) is 40.8. The van der Waals surface area contributed by atoms with Gasteiger partial charge in [-0.2, -0.15) is 0 Å². The van der Waals surface area contributed by atoms with Gasteiger partial charge in [-0.25, -0.2) is 14.3 Å². The summed E-state index contributed by atoms with van der Waals surface area (Å²) < 4.78 is 11.0.